The summed E-state index contributed by atoms with van der Waals surface area (Å²) in [6, 6.07) is 1.85. The van der Waals surface area contributed by atoms with Crippen LogP contribution in [-0.4, -0.2) is 16.5 Å². The van der Waals surface area contributed by atoms with Crippen LogP contribution >= 0.6 is 35.0 Å². The normalized spacial score (nSPS) is 8.83. The second-order valence-corrected chi connectivity index (χ2v) is 3.07. The van der Waals surface area contributed by atoms with E-state index in [0.717, 1.165) is 16.1 Å². The van der Waals surface area contributed by atoms with Gasteiger partial charge in [0, 0.05) is 12.6 Å². The van der Waals surface area contributed by atoms with E-state index >= 15 is 0 Å². The molecule has 0 amide bonds. The summed E-state index contributed by atoms with van der Waals surface area (Å²) in [6.45, 7) is 2.84. The summed E-state index contributed by atoms with van der Waals surface area (Å²) in [6.07, 6.45) is 0. The third-order valence-corrected chi connectivity index (χ3v) is 1.62. The van der Waals surface area contributed by atoms with Crippen molar-refractivity contribution in [3.63, 3.8) is 0 Å². The fourth-order valence-electron chi connectivity index (χ4n) is 0.707. The van der Waals surface area contributed by atoms with Crippen LogP contribution in [0.5, 0.6) is 0 Å². The first-order valence-electron chi connectivity index (χ1n) is 3.26. The SMILES string of the molecule is CCNc1cc(I)nc(N)n1.Cl. The molecule has 1 aromatic heterocycles. The Morgan fingerprint density at radius 2 is 2.25 bits per heavy atom. The molecule has 0 aliphatic rings. The number of hydrogen-bond acceptors (Lipinski definition) is 4. The maximum atomic E-state index is 5.42. The summed E-state index contributed by atoms with van der Waals surface area (Å²) >= 11 is 2.10. The zero-order chi connectivity index (χ0) is 8.27. The number of anilines is 2. The summed E-state index contributed by atoms with van der Waals surface area (Å²) < 4.78 is 0.853. The van der Waals surface area contributed by atoms with Crippen LogP contribution in [0.15, 0.2) is 6.07 Å². The van der Waals surface area contributed by atoms with Crippen LogP contribution in [0, 0.1) is 3.70 Å². The number of nitrogen functional groups attached to an aromatic ring is 1. The average Bonchev–Trinajstić information content (AvgIpc) is 1.85. The highest BCUT2D eigenvalue weighted by atomic mass is 127. The van der Waals surface area contributed by atoms with Crippen molar-refractivity contribution in [3.8, 4) is 0 Å². The van der Waals surface area contributed by atoms with Crippen molar-refractivity contribution in [2.45, 2.75) is 6.92 Å². The van der Waals surface area contributed by atoms with Gasteiger partial charge in [0.2, 0.25) is 5.95 Å². The zero-order valence-corrected chi connectivity index (χ0v) is 9.52. The van der Waals surface area contributed by atoms with Gasteiger partial charge in [-0.05, 0) is 29.5 Å². The molecule has 0 spiro atoms. The van der Waals surface area contributed by atoms with Gasteiger partial charge in [0.05, 0.1) is 0 Å². The molecule has 3 N–H and O–H groups in total. The van der Waals surface area contributed by atoms with E-state index in [1.54, 1.807) is 0 Å². The maximum absolute atomic E-state index is 5.42. The lowest BCUT2D eigenvalue weighted by Gasteiger charge is -2.02. The Kier molecular flexibility index (Phi) is 5.23. The van der Waals surface area contributed by atoms with Crippen molar-refractivity contribution >= 4 is 46.8 Å². The molecule has 1 rings (SSSR count). The molecule has 0 atom stereocenters. The molecule has 0 fully saturated rings. The van der Waals surface area contributed by atoms with Crippen molar-refractivity contribution in [2.24, 2.45) is 0 Å². The Morgan fingerprint density at radius 1 is 1.58 bits per heavy atom. The molecule has 0 aliphatic heterocycles. The molecule has 0 bridgehead atoms. The first-order chi connectivity index (χ1) is 5.22. The summed E-state index contributed by atoms with van der Waals surface area (Å²) in [7, 11) is 0. The summed E-state index contributed by atoms with van der Waals surface area (Å²) in [5.41, 5.74) is 5.42. The van der Waals surface area contributed by atoms with Crippen molar-refractivity contribution in [2.75, 3.05) is 17.6 Å². The quantitative estimate of drug-likeness (QED) is 0.642. The number of halogens is 2. The van der Waals surface area contributed by atoms with E-state index in [2.05, 4.69) is 37.9 Å². The first kappa shape index (κ1) is 11.7. The predicted molar refractivity (Wildman–Crippen MR) is 60.6 cm³/mol. The number of nitrogens with one attached hydrogen (secondary N) is 1. The molecular weight excluding hydrogens is 290 g/mol. The van der Waals surface area contributed by atoms with Crippen molar-refractivity contribution in [1.29, 1.82) is 0 Å². The minimum atomic E-state index is 0. The summed E-state index contributed by atoms with van der Waals surface area (Å²) in [5, 5.41) is 3.05. The summed E-state index contributed by atoms with van der Waals surface area (Å²) in [4.78, 5) is 7.90. The minimum absolute atomic E-state index is 0. The molecule has 0 aliphatic carbocycles. The number of hydrogen-bond donors (Lipinski definition) is 2. The Bertz CT molecular complexity index is 235. The van der Waals surface area contributed by atoms with E-state index in [0.29, 0.717) is 5.95 Å². The standard InChI is InChI=1S/C6H9IN4.ClH/c1-2-9-5-3-4(7)10-6(8)11-5;/h3H,2H2,1H3,(H3,8,9,10,11);1H. The predicted octanol–water partition coefficient (Wildman–Crippen LogP) is 1.52. The minimum Gasteiger partial charge on any atom is -0.370 e. The van der Waals surface area contributed by atoms with E-state index < -0.39 is 0 Å². The Labute approximate surface area is 90.9 Å². The fourth-order valence-corrected chi connectivity index (χ4v) is 1.25. The lowest BCUT2D eigenvalue weighted by Crippen LogP contribution is -2.03. The van der Waals surface area contributed by atoms with E-state index in [1.807, 2.05) is 13.0 Å². The number of rotatable bonds is 2. The van der Waals surface area contributed by atoms with Crippen LogP contribution in [0.4, 0.5) is 11.8 Å². The Hall–Kier alpha value is -0.300. The Balaban J connectivity index is 0.00000121. The maximum Gasteiger partial charge on any atom is 0.222 e. The number of nitrogens with zero attached hydrogens (tertiary/aromatic N) is 2. The van der Waals surface area contributed by atoms with Crippen LogP contribution in [-0.2, 0) is 0 Å². The lowest BCUT2D eigenvalue weighted by molar-refractivity contribution is 1.11. The van der Waals surface area contributed by atoms with E-state index in [1.165, 1.54) is 0 Å². The monoisotopic (exact) mass is 300 g/mol. The smallest absolute Gasteiger partial charge is 0.222 e. The Morgan fingerprint density at radius 3 is 2.75 bits per heavy atom. The molecular formula is C6H10ClIN4. The molecule has 0 radical (unpaired) electrons. The molecule has 0 unspecified atom stereocenters. The molecule has 68 valence electrons. The van der Waals surface area contributed by atoms with Crippen molar-refractivity contribution < 1.29 is 0 Å². The topological polar surface area (TPSA) is 63.8 Å². The highest BCUT2D eigenvalue weighted by Crippen LogP contribution is 2.09. The third-order valence-electron chi connectivity index (χ3n) is 1.07. The molecule has 1 heterocycles. The largest absolute Gasteiger partial charge is 0.370 e. The van der Waals surface area contributed by atoms with Crippen molar-refractivity contribution in [3.05, 3.63) is 9.77 Å². The van der Waals surface area contributed by atoms with Gasteiger partial charge in [-0.15, -0.1) is 12.4 Å². The van der Waals surface area contributed by atoms with Gasteiger partial charge in [0.1, 0.15) is 9.52 Å². The van der Waals surface area contributed by atoms with Gasteiger partial charge in [-0.3, -0.25) is 0 Å². The first-order valence-corrected chi connectivity index (χ1v) is 4.34. The molecule has 1 aromatic rings. The molecule has 12 heavy (non-hydrogen) atoms. The highest BCUT2D eigenvalue weighted by Gasteiger charge is 1.96. The third kappa shape index (κ3) is 3.40. The van der Waals surface area contributed by atoms with Gasteiger partial charge >= 0.3 is 0 Å². The average molecular weight is 301 g/mol. The van der Waals surface area contributed by atoms with E-state index in [4.69, 9.17) is 5.73 Å². The van der Waals surface area contributed by atoms with E-state index in [9.17, 15) is 0 Å². The number of nitrogens with two attached hydrogens (primary N) is 1. The van der Waals surface area contributed by atoms with Crippen molar-refractivity contribution in [1.82, 2.24) is 9.97 Å². The van der Waals surface area contributed by atoms with Crippen LogP contribution < -0.4 is 11.1 Å². The molecule has 0 saturated carbocycles. The molecule has 4 nitrogen and oxygen atoms in total. The second-order valence-electron chi connectivity index (χ2n) is 1.96. The van der Waals surface area contributed by atoms with Gasteiger partial charge < -0.3 is 11.1 Å². The number of aromatic nitrogens is 2. The molecule has 6 heteroatoms. The van der Waals surface area contributed by atoms with E-state index in [-0.39, 0.29) is 12.4 Å². The van der Waals surface area contributed by atoms with Gasteiger partial charge in [0.25, 0.3) is 0 Å². The lowest BCUT2D eigenvalue weighted by atomic mass is 10.5. The molecule has 0 saturated heterocycles. The second kappa shape index (κ2) is 5.36. The molecule has 0 aromatic carbocycles. The van der Waals surface area contributed by atoms with Crippen LogP contribution in [0.3, 0.4) is 0 Å². The van der Waals surface area contributed by atoms with Gasteiger partial charge in [-0.25, -0.2) is 4.98 Å². The fraction of sp³-hybridized carbons (Fsp3) is 0.333. The zero-order valence-electron chi connectivity index (χ0n) is 6.54. The van der Waals surface area contributed by atoms with Crippen LogP contribution in [0.1, 0.15) is 6.92 Å². The highest BCUT2D eigenvalue weighted by molar-refractivity contribution is 14.1. The summed E-state index contributed by atoms with van der Waals surface area (Å²) in [5.74, 6) is 1.09. The van der Waals surface area contributed by atoms with Gasteiger partial charge in [0.15, 0.2) is 0 Å². The van der Waals surface area contributed by atoms with Crippen LogP contribution in [0.2, 0.25) is 0 Å². The van der Waals surface area contributed by atoms with Gasteiger partial charge in [-0.1, -0.05) is 0 Å². The van der Waals surface area contributed by atoms with Gasteiger partial charge in [-0.2, -0.15) is 4.98 Å². The van der Waals surface area contributed by atoms with Crippen LogP contribution in [0.25, 0.3) is 0 Å².